The van der Waals surface area contributed by atoms with Gasteiger partial charge in [-0.05, 0) is 29.2 Å². The van der Waals surface area contributed by atoms with Gasteiger partial charge in [0.25, 0.3) is 0 Å². The zero-order chi connectivity index (χ0) is 14.2. The Bertz CT molecular complexity index is 598. The summed E-state index contributed by atoms with van der Waals surface area (Å²) in [5, 5.41) is 19.0. The molecule has 1 aromatic carbocycles. The van der Waals surface area contributed by atoms with Crippen LogP contribution in [0.15, 0.2) is 29.8 Å². The third kappa shape index (κ3) is 2.50. The van der Waals surface area contributed by atoms with Crippen molar-refractivity contribution in [3.05, 3.63) is 40.4 Å². The molecule has 2 rings (SSSR count). The van der Waals surface area contributed by atoms with E-state index in [1.165, 1.54) is 0 Å². The van der Waals surface area contributed by atoms with Crippen LogP contribution >= 0.6 is 11.6 Å². The van der Waals surface area contributed by atoms with Gasteiger partial charge in [-0.1, -0.05) is 37.6 Å². The van der Waals surface area contributed by atoms with Crippen LogP contribution in [0.5, 0.6) is 0 Å². The maximum absolute atomic E-state index is 11.2. The Balaban J connectivity index is 2.33. The maximum atomic E-state index is 11.2. The van der Waals surface area contributed by atoms with Gasteiger partial charge in [0, 0.05) is 16.5 Å². The minimum atomic E-state index is -0.845. The van der Waals surface area contributed by atoms with E-state index in [1.54, 1.807) is 24.3 Å². The molecule has 3 nitrogen and oxygen atoms in total. The zero-order valence-electron chi connectivity index (χ0n) is 10.7. The van der Waals surface area contributed by atoms with Crippen molar-refractivity contribution in [1.29, 1.82) is 5.26 Å². The molecule has 1 fully saturated rings. The van der Waals surface area contributed by atoms with Crippen LogP contribution in [-0.2, 0) is 4.79 Å². The van der Waals surface area contributed by atoms with E-state index in [0.717, 1.165) is 5.56 Å². The normalized spacial score (nSPS) is 24.6. The third-order valence-corrected chi connectivity index (χ3v) is 3.96. The summed E-state index contributed by atoms with van der Waals surface area (Å²) in [4.78, 5) is 11.2. The second-order valence-electron chi connectivity index (χ2n) is 5.38. The molecule has 0 amide bonds. The Morgan fingerprint density at radius 3 is 2.63 bits per heavy atom. The molecule has 19 heavy (non-hydrogen) atoms. The van der Waals surface area contributed by atoms with Gasteiger partial charge in [0.05, 0.1) is 12.0 Å². The molecule has 0 unspecified atom stereocenters. The lowest BCUT2D eigenvalue weighted by Crippen LogP contribution is -2.03. The fraction of sp³-hybridized carbons (Fsp3) is 0.333. The quantitative estimate of drug-likeness (QED) is 0.857. The van der Waals surface area contributed by atoms with E-state index in [2.05, 4.69) is 6.07 Å². The molecule has 1 aliphatic carbocycles. The van der Waals surface area contributed by atoms with Crippen molar-refractivity contribution in [2.45, 2.75) is 13.8 Å². The van der Waals surface area contributed by atoms with Crippen LogP contribution in [0.1, 0.15) is 19.4 Å². The fourth-order valence-corrected chi connectivity index (χ4v) is 2.85. The van der Waals surface area contributed by atoms with E-state index in [1.807, 2.05) is 19.9 Å². The second kappa shape index (κ2) is 4.71. The number of aliphatic carboxylic acids is 1. The number of rotatable bonds is 3. The van der Waals surface area contributed by atoms with E-state index in [0.29, 0.717) is 10.6 Å². The maximum Gasteiger partial charge on any atom is 0.307 e. The molecule has 1 aromatic rings. The van der Waals surface area contributed by atoms with Gasteiger partial charge in [-0.2, -0.15) is 5.26 Å². The van der Waals surface area contributed by atoms with E-state index >= 15 is 0 Å². The lowest BCUT2D eigenvalue weighted by Gasteiger charge is -2.01. The number of benzene rings is 1. The van der Waals surface area contributed by atoms with Crippen molar-refractivity contribution in [2.75, 3.05) is 0 Å². The molecule has 98 valence electrons. The molecule has 1 N–H and O–H groups in total. The molecule has 2 atom stereocenters. The van der Waals surface area contributed by atoms with Crippen molar-refractivity contribution in [3.8, 4) is 6.07 Å². The highest BCUT2D eigenvalue weighted by atomic mass is 35.5. The summed E-state index contributed by atoms with van der Waals surface area (Å²) in [6.45, 7) is 3.75. The van der Waals surface area contributed by atoms with E-state index < -0.39 is 11.9 Å². The summed E-state index contributed by atoms with van der Waals surface area (Å²) < 4.78 is 0. The predicted octanol–water partition coefficient (Wildman–Crippen LogP) is 3.60. The number of hydrogen-bond donors (Lipinski definition) is 1. The van der Waals surface area contributed by atoms with Crippen molar-refractivity contribution in [2.24, 2.45) is 17.3 Å². The van der Waals surface area contributed by atoms with Gasteiger partial charge >= 0.3 is 5.97 Å². The van der Waals surface area contributed by atoms with Crippen molar-refractivity contribution in [1.82, 2.24) is 0 Å². The number of hydrogen-bond acceptors (Lipinski definition) is 2. The van der Waals surface area contributed by atoms with Crippen LogP contribution in [0.4, 0.5) is 0 Å². The average molecular weight is 276 g/mol. The molecule has 0 saturated heterocycles. The first-order chi connectivity index (χ1) is 8.87. The van der Waals surface area contributed by atoms with Gasteiger partial charge in [0.2, 0.25) is 0 Å². The van der Waals surface area contributed by atoms with E-state index in [9.17, 15) is 10.1 Å². The molecule has 1 saturated carbocycles. The number of nitrogens with zero attached hydrogens (tertiary/aromatic N) is 1. The van der Waals surface area contributed by atoms with Crippen LogP contribution in [0.2, 0.25) is 5.02 Å². The SMILES string of the molecule is CC1(C)[C@H](C(=O)O)[C@H]1C(C#N)=Cc1cccc(Cl)c1. The van der Waals surface area contributed by atoms with Crippen molar-refractivity contribution >= 4 is 23.6 Å². The summed E-state index contributed by atoms with van der Waals surface area (Å²) >= 11 is 5.90. The molecule has 0 spiro atoms. The van der Waals surface area contributed by atoms with Crippen LogP contribution in [0.25, 0.3) is 6.08 Å². The number of allylic oxidation sites excluding steroid dienone is 1. The smallest absolute Gasteiger partial charge is 0.307 e. The molecule has 0 heterocycles. The first kappa shape index (κ1) is 13.6. The molecule has 1 aliphatic rings. The summed E-state index contributed by atoms with van der Waals surface area (Å²) in [6, 6.07) is 9.28. The summed E-state index contributed by atoms with van der Waals surface area (Å²) in [6.07, 6.45) is 1.72. The van der Waals surface area contributed by atoms with Gasteiger partial charge in [0.1, 0.15) is 0 Å². The Morgan fingerprint density at radius 1 is 1.47 bits per heavy atom. The standard InChI is InChI=1S/C15H14ClNO2/c1-15(2)12(13(15)14(18)19)10(8-17)6-9-4-3-5-11(16)7-9/h3-7,12-13H,1-2H3,(H,18,19)/t12-,13+/m1/s1. The van der Waals surface area contributed by atoms with Gasteiger partial charge in [-0.3, -0.25) is 4.79 Å². The highest BCUT2D eigenvalue weighted by Gasteiger charge is 2.63. The summed E-state index contributed by atoms with van der Waals surface area (Å²) in [5.74, 6) is -1.56. The first-order valence-electron chi connectivity index (χ1n) is 5.98. The molecular weight excluding hydrogens is 262 g/mol. The largest absolute Gasteiger partial charge is 0.481 e. The number of carboxylic acids is 1. The monoisotopic (exact) mass is 275 g/mol. The molecule has 0 radical (unpaired) electrons. The fourth-order valence-electron chi connectivity index (χ4n) is 2.65. The van der Waals surface area contributed by atoms with Gasteiger partial charge in [-0.15, -0.1) is 0 Å². The Hall–Kier alpha value is -1.79. The van der Waals surface area contributed by atoms with Gasteiger partial charge in [0.15, 0.2) is 0 Å². The highest BCUT2D eigenvalue weighted by molar-refractivity contribution is 6.30. The Morgan fingerprint density at radius 2 is 2.16 bits per heavy atom. The lowest BCUT2D eigenvalue weighted by molar-refractivity contribution is -0.139. The summed E-state index contributed by atoms with van der Waals surface area (Å²) in [5.41, 5.74) is 0.946. The number of carboxylic acid groups (broad SMARTS) is 1. The second-order valence-corrected chi connectivity index (χ2v) is 5.82. The molecule has 0 aliphatic heterocycles. The van der Waals surface area contributed by atoms with Gasteiger partial charge < -0.3 is 5.11 Å². The average Bonchev–Trinajstić information content (AvgIpc) is 2.89. The topological polar surface area (TPSA) is 61.1 Å². The Kier molecular flexibility index (Phi) is 3.38. The minimum Gasteiger partial charge on any atom is -0.481 e. The van der Waals surface area contributed by atoms with Gasteiger partial charge in [-0.25, -0.2) is 0 Å². The number of halogens is 1. The number of carbonyl (C=O) groups is 1. The predicted molar refractivity (Wildman–Crippen MR) is 73.4 cm³/mol. The first-order valence-corrected chi connectivity index (χ1v) is 6.36. The lowest BCUT2D eigenvalue weighted by atomic mass is 10.0. The van der Waals surface area contributed by atoms with Crippen LogP contribution in [-0.4, -0.2) is 11.1 Å². The molecular formula is C15H14ClNO2. The van der Waals surface area contributed by atoms with Crippen LogP contribution in [0, 0.1) is 28.6 Å². The zero-order valence-corrected chi connectivity index (χ0v) is 11.5. The van der Waals surface area contributed by atoms with E-state index in [4.69, 9.17) is 16.7 Å². The van der Waals surface area contributed by atoms with Crippen molar-refractivity contribution < 1.29 is 9.90 Å². The molecule has 0 bridgehead atoms. The van der Waals surface area contributed by atoms with E-state index in [-0.39, 0.29) is 11.3 Å². The summed E-state index contributed by atoms with van der Waals surface area (Å²) in [7, 11) is 0. The third-order valence-electron chi connectivity index (χ3n) is 3.73. The van der Waals surface area contributed by atoms with Crippen LogP contribution < -0.4 is 0 Å². The van der Waals surface area contributed by atoms with Crippen LogP contribution in [0.3, 0.4) is 0 Å². The Labute approximate surface area is 117 Å². The molecule has 4 heteroatoms. The highest BCUT2D eigenvalue weighted by Crippen LogP contribution is 2.61. The number of nitriles is 1. The minimum absolute atomic E-state index is 0.228. The molecule has 0 aromatic heterocycles. The van der Waals surface area contributed by atoms with Crippen molar-refractivity contribution in [3.63, 3.8) is 0 Å².